The van der Waals surface area contributed by atoms with E-state index in [4.69, 9.17) is 4.74 Å². The molecule has 0 spiro atoms. The van der Waals surface area contributed by atoms with Gasteiger partial charge < -0.3 is 9.30 Å². The Morgan fingerprint density at radius 3 is 2.46 bits per heavy atom. The van der Waals surface area contributed by atoms with Gasteiger partial charge in [-0.05, 0) is 61.1 Å². The van der Waals surface area contributed by atoms with Crippen molar-refractivity contribution in [3.05, 3.63) is 59.8 Å². The van der Waals surface area contributed by atoms with Crippen LogP contribution in [0.5, 0.6) is 5.75 Å². The highest BCUT2D eigenvalue weighted by Crippen LogP contribution is 2.36. The van der Waals surface area contributed by atoms with Crippen molar-refractivity contribution in [3.8, 4) is 5.75 Å². The Kier molecular flexibility index (Phi) is 4.93. The molecule has 1 aliphatic rings. The van der Waals surface area contributed by atoms with E-state index in [1.54, 1.807) is 29.6 Å². The molecular formula is C22H26N2O3S. The summed E-state index contributed by atoms with van der Waals surface area (Å²) in [5, 5.41) is 1.28. The lowest BCUT2D eigenvalue weighted by Gasteiger charge is -2.31. The molecule has 2 heterocycles. The summed E-state index contributed by atoms with van der Waals surface area (Å²) in [5.74, 6) is 1.06. The maximum atomic E-state index is 13.1. The first kappa shape index (κ1) is 19.0. The van der Waals surface area contributed by atoms with E-state index in [9.17, 15) is 8.42 Å². The van der Waals surface area contributed by atoms with Gasteiger partial charge in [0.1, 0.15) is 5.75 Å². The third-order valence-electron chi connectivity index (χ3n) is 5.82. The van der Waals surface area contributed by atoms with Gasteiger partial charge in [-0.25, -0.2) is 8.42 Å². The first-order chi connectivity index (χ1) is 13.4. The summed E-state index contributed by atoms with van der Waals surface area (Å²) >= 11 is 0. The quantitative estimate of drug-likeness (QED) is 0.666. The van der Waals surface area contributed by atoms with E-state index in [1.165, 1.54) is 16.5 Å². The van der Waals surface area contributed by atoms with Crippen molar-refractivity contribution in [1.82, 2.24) is 8.87 Å². The number of fused-ring (bicyclic) bond motifs is 1. The predicted octanol–water partition coefficient (Wildman–Crippen LogP) is 4.06. The van der Waals surface area contributed by atoms with Crippen LogP contribution in [0.4, 0.5) is 0 Å². The number of hydrogen-bond acceptors (Lipinski definition) is 3. The molecule has 3 aromatic rings. The Labute approximate surface area is 166 Å². The van der Waals surface area contributed by atoms with Gasteiger partial charge in [0.25, 0.3) is 0 Å². The third kappa shape index (κ3) is 3.20. The van der Waals surface area contributed by atoms with E-state index in [2.05, 4.69) is 42.1 Å². The van der Waals surface area contributed by atoms with Crippen molar-refractivity contribution < 1.29 is 13.2 Å². The largest absolute Gasteiger partial charge is 0.497 e. The molecule has 0 bridgehead atoms. The molecule has 1 saturated heterocycles. The van der Waals surface area contributed by atoms with Gasteiger partial charge in [-0.2, -0.15) is 4.31 Å². The van der Waals surface area contributed by atoms with E-state index in [0.717, 1.165) is 18.4 Å². The van der Waals surface area contributed by atoms with Gasteiger partial charge in [0.05, 0.1) is 12.0 Å². The first-order valence-corrected chi connectivity index (χ1v) is 11.0. The second-order valence-electron chi connectivity index (χ2n) is 7.52. The molecule has 28 heavy (non-hydrogen) atoms. The molecule has 0 amide bonds. The zero-order chi connectivity index (χ0) is 19.9. The second-order valence-corrected chi connectivity index (χ2v) is 9.43. The van der Waals surface area contributed by atoms with Crippen molar-refractivity contribution >= 4 is 20.9 Å². The maximum absolute atomic E-state index is 13.1. The zero-order valence-electron chi connectivity index (χ0n) is 16.6. The van der Waals surface area contributed by atoms with Crippen LogP contribution in [0.2, 0.25) is 0 Å². The van der Waals surface area contributed by atoms with Crippen LogP contribution in [0.3, 0.4) is 0 Å². The van der Waals surface area contributed by atoms with Gasteiger partial charge in [0.2, 0.25) is 10.0 Å². The summed E-state index contributed by atoms with van der Waals surface area (Å²) in [6.45, 7) is 2.90. The number of aryl methyl sites for hydroxylation is 2. The van der Waals surface area contributed by atoms with Crippen LogP contribution in [-0.2, 0) is 17.1 Å². The molecule has 5 nitrogen and oxygen atoms in total. The number of aromatic nitrogens is 1. The summed E-state index contributed by atoms with van der Waals surface area (Å²) in [6.07, 6.45) is 3.87. The molecule has 0 unspecified atom stereocenters. The van der Waals surface area contributed by atoms with Gasteiger partial charge >= 0.3 is 0 Å². The third-order valence-corrected chi connectivity index (χ3v) is 7.88. The van der Waals surface area contributed by atoms with Gasteiger partial charge in [0.15, 0.2) is 0 Å². The van der Waals surface area contributed by atoms with Crippen molar-refractivity contribution in [3.63, 3.8) is 0 Å². The molecule has 0 aliphatic carbocycles. The van der Waals surface area contributed by atoms with Crippen molar-refractivity contribution in [2.45, 2.75) is 30.6 Å². The molecule has 1 fully saturated rings. The summed E-state index contributed by atoms with van der Waals surface area (Å²) in [5.41, 5.74) is 3.27. The van der Waals surface area contributed by atoms with E-state index >= 15 is 0 Å². The van der Waals surface area contributed by atoms with E-state index < -0.39 is 10.0 Å². The molecular weight excluding hydrogens is 372 g/mol. The molecule has 2 aromatic carbocycles. The number of piperidine rings is 1. The molecule has 148 valence electrons. The smallest absolute Gasteiger partial charge is 0.243 e. The van der Waals surface area contributed by atoms with Gasteiger partial charge in [0, 0.05) is 37.2 Å². The molecule has 4 rings (SSSR count). The number of para-hydroxylation sites is 1. The van der Waals surface area contributed by atoms with E-state index in [0.29, 0.717) is 29.7 Å². The molecule has 0 radical (unpaired) electrons. The van der Waals surface area contributed by atoms with Crippen LogP contribution >= 0.6 is 0 Å². The highest BCUT2D eigenvalue weighted by atomic mass is 32.2. The number of sulfonamides is 1. The summed E-state index contributed by atoms with van der Waals surface area (Å²) < 4.78 is 35.3. The monoisotopic (exact) mass is 398 g/mol. The fraction of sp³-hybridized carbons (Fsp3) is 0.364. The molecule has 0 atom stereocenters. The van der Waals surface area contributed by atoms with Crippen LogP contribution < -0.4 is 4.74 Å². The number of nitrogens with zero attached hydrogens (tertiary/aromatic N) is 2. The lowest BCUT2D eigenvalue weighted by Crippen LogP contribution is -2.38. The molecule has 1 aromatic heterocycles. The van der Waals surface area contributed by atoms with E-state index in [-0.39, 0.29) is 0 Å². The molecule has 0 N–H and O–H groups in total. The Morgan fingerprint density at radius 1 is 1.07 bits per heavy atom. The minimum atomic E-state index is -3.49. The Bertz CT molecular complexity index is 1110. The van der Waals surface area contributed by atoms with Gasteiger partial charge in [-0.15, -0.1) is 0 Å². The van der Waals surface area contributed by atoms with Gasteiger partial charge in [-0.3, -0.25) is 0 Å². The number of benzene rings is 2. The number of methoxy groups -OCH3 is 1. The molecule has 6 heteroatoms. The Morgan fingerprint density at radius 2 is 1.79 bits per heavy atom. The number of ether oxygens (including phenoxy) is 1. The highest BCUT2D eigenvalue weighted by molar-refractivity contribution is 7.89. The van der Waals surface area contributed by atoms with Crippen molar-refractivity contribution in [1.29, 1.82) is 0 Å². The number of rotatable bonds is 4. The molecule has 0 saturated carbocycles. The molecule has 1 aliphatic heterocycles. The predicted molar refractivity (Wildman–Crippen MR) is 111 cm³/mol. The summed E-state index contributed by atoms with van der Waals surface area (Å²) in [6, 6.07) is 13.6. The van der Waals surface area contributed by atoms with Crippen molar-refractivity contribution in [2.24, 2.45) is 7.05 Å². The zero-order valence-corrected chi connectivity index (χ0v) is 17.4. The van der Waals surface area contributed by atoms with Gasteiger partial charge in [-0.1, -0.05) is 18.2 Å². The fourth-order valence-corrected chi connectivity index (χ4v) is 5.96. The highest BCUT2D eigenvalue weighted by Gasteiger charge is 2.31. The topological polar surface area (TPSA) is 51.5 Å². The average molecular weight is 399 g/mol. The second kappa shape index (κ2) is 7.26. The normalized spacial score (nSPS) is 16.5. The minimum Gasteiger partial charge on any atom is -0.497 e. The Balaban J connectivity index is 1.55. The van der Waals surface area contributed by atoms with Crippen LogP contribution in [0, 0.1) is 6.92 Å². The SMILES string of the molecule is COc1ccc(S(=O)(=O)N2CCC(c3cn(C)c4ccccc34)CC2)c(C)c1. The average Bonchev–Trinajstić information content (AvgIpc) is 3.05. The van der Waals surface area contributed by atoms with Crippen LogP contribution in [0.25, 0.3) is 10.9 Å². The fourth-order valence-electron chi connectivity index (χ4n) is 4.28. The van der Waals surface area contributed by atoms with Crippen LogP contribution in [0.15, 0.2) is 53.6 Å². The summed E-state index contributed by atoms with van der Waals surface area (Å²) in [7, 11) is 0.164. The first-order valence-electron chi connectivity index (χ1n) is 9.60. The van der Waals surface area contributed by atoms with Crippen molar-refractivity contribution in [2.75, 3.05) is 20.2 Å². The standard InChI is InChI=1S/C22H26N2O3S/c1-16-14-18(27-3)8-9-22(16)28(25,26)24-12-10-17(11-13-24)20-15-23(2)21-7-5-4-6-19(20)21/h4-9,14-15,17H,10-13H2,1-3H3. The Hall–Kier alpha value is -2.31. The van der Waals surface area contributed by atoms with Crippen LogP contribution in [0.1, 0.15) is 29.9 Å². The summed E-state index contributed by atoms with van der Waals surface area (Å²) in [4.78, 5) is 0.372. The lowest BCUT2D eigenvalue weighted by molar-refractivity contribution is 0.320. The maximum Gasteiger partial charge on any atom is 0.243 e. The van der Waals surface area contributed by atoms with E-state index in [1.807, 2.05) is 6.92 Å². The minimum absolute atomic E-state index is 0.372. The number of hydrogen-bond donors (Lipinski definition) is 0. The lowest BCUT2D eigenvalue weighted by atomic mass is 9.90. The van der Waals surface area contributed by atoms with Crippen LogP contribution in [-0.4, -0.2) is 37.5 Å².